The van der Waals surface area contributed by atoms with Crippen molar-refractivity contribution in [2.45, 2.75) is 39.0 Å². The highest BCUT2D eigenvalue weighted by Crippen LogP contribution is 2.11. The number of nitrogens with one attached hydrogen (secondary N) is 2. The van der Waals surface area contributed by atoms with E-state index in [-0.39, 0.29) is 12.0 Å². The Morgan fingerprint density at radius 2 is 2.17 bits per heavy atom. The quantitative estimate of drug-likeness (QED) is 0.820. The fourth-order valence-electron chi connectivity index (χ4n) is 2.85. The molecule has 1 aliphatic rings. The Bertz CT molecular complexity index is 675. The van der Waals surface area contributed by atoms with Crippen molar-refractivity contribution in [1.82, 2.24) is 10.6 Å². The number of benzene rings is 1. The van der Waals surface area contributed by atoms with E-state index in [1.165, 1.54) is 0 Å². The van der Waals surface area contributed by atoms with Gasteiger partial charge >= 0.3 is 0 Å². The van der Waals surface area contributed by atoms with Gasteiger partial charge in [-0.25, -0.2) is 0 Å². The second-order valence-electron chi connectivity index (χ2n) is 6.16. The van der Waals surface area contributed by atoms with Crippen molar-refractivity contribution in [1.29, 1.82) is 0 Å². The van der Waals surface area contributed by atoms with Crippen LogP contribution in [0.15, 0.2) is 40.8 Å². The van der Waals surface area contributed by atoms with Crippen molar-refractivity contribution < 1.29 is 13.9 Å². The highest BCUT2D eigenvalue weighted by molar-refractivity contribution is 5.94. The summed E-state index contributed by atoms with van der Waals surface area (Å²) >= 11 is 0. The summed E-state index contributed by atoms with van der Waals surface area (Å²) in [6.45, 7) is 4.67. The number of hydrogen-bond donors (Lipinski definition) is 2. The molecule has 2 N–H and O–H groups in total. The Hall–Kier alpha value is -2.11. The van der Waals surface area contributed by atoms with Crippen LogP contribution in [-0.4, -0.2) is 25.2 Å². The molecule has 2 aromatic rings. The lowest BCUT2D eigenvalue weighted by Gasteiger charge is -2.11. The summed E-state index contributed by atoms with van der Waals surface area (Å²) in [5.74, 6) is 1.78. The Morgan fingerprint density at radius 3 is 2.92 bits per heavy atom. The van der Waals surface area contributed by atoms with Crippen molar-refractivity contribution in [2.24, 2.45) is 0 Å². The maximum Gasteiger partial charge on any atom is 0.251 e. The van der Waals surface area contributed by atoms with Gasteiger partial charge in [0, 0.05) is 25.3 Å². The molecule has 24 heavy (non-hydrogen) atoms. The smallest absolute Gasteiger partial charge is 0.251 e. The normalized spacial score (nSPS) is 17.1. The van der Waals surface area contributed by atoms with E-state index in [9.17, 15) is 4.79 Å². The number of amides is 1. The van der Waals surface area contributed by atoms with Crippen LogP contribution in [-0.2, 0) is 17.8 Å². The fourth-order valence-corrected chi connectivity index (χ4v) is 2.85. The minimum absolute atomic E-state index is 0.0472. The molecular weight excluding hydrogens is 304 g/mol. The predicted molar refractivity (Wildman–Crippen MR) is 91.7 cm³/mol. The van der Waals surface area contributed by atoms with Crippen molar-refractivity contribution in [3.63, 3.8) is 0 Å². The minimum Gasteiger partial charge on any atom is -0.465 e. The van der Waals surface area contributed by atoms with Gasteiger partial charge in [0.2, 0.25) is 0 Å². The van der Waals surface area contributed by atoms with E-state index in [0.717, 1.165) is 36.5 Å². The Kier molecular flexibility index (Phi) is 5.67. The zero-order valence-corrected chi connectivity index (χ0v) is 14.0. The minimum atomic E-state index is -0.0472. The van der Waals surface area contributed by atoms with Gasteiger partial charge in [0.25, 0.3) is 5.91 Å². The van der Waals surface area contributed by atoms with E-state index < -0.39 is 0 Å². The van der Waals surface area contributed by atoms with Crippen LogP contribution in [0.3, 0.4) is 0 Å². The van der Waals surface area contributed by atoms with Gasteiger partial charge in [-0.15, -0.1) is 0 Å². The van der Waals surface area contributed by atoms with Crippen LogP contribution in [0.1, 0.15) is 40.3 Å². The third-order valence-electron chi connectivity index (χ3n) is 4.13. The van der Waals surface area contributed by atoms with E-state index in [1.54, 1.807) is 0 Å². The summed E-state index contributed by atoms with van der Waals surface area (Å²) in [5, 5.41) is 6.28. The van der Waals surface area contributed by atoms with Gasteiger partial charge in [0.15, 0.2) is 0 Å². The summed E-state index contributed by atoms with van der Waals surface area (Å²) in [6.07, 6.45) is 2.27. The lowest BCUT2D eigenvalue weighted by molar-refractivity contribution is 0.0857. The first-order valence-electron chi connectivity index (χ1n) is 8.45. The number of ether oxygens (including phenoxy) is 1. The zero-order valence-electron chi connectivity index (χ0n) is 14.0. The highest BCUT2D eigenvalue weighted by atomic mass is 16.5. The van der Waals surface area contributed by atoms with Crippen LogP contribution in [0.5, 0.6) is 0 Å². The van der Waals surface area contributed by atoms with Crippen molar-refractivity contribution in [3.8, 4) is 0 Å². The number of hydrogen-bond acceptors (Lipinski definition) is 4. The molecule has 1 atom stereocenters. The second-order valence-corrected chi connectivity index (χ2v) is 6.16. The highest BCUT2D eigenvalue weighted by Gasteiger charge is 2.16. The Morgan fingerprint density at radius 1 is 1.25 bits per heavy atom. The molecule has 3 rings (SSSR count). The molecule has 1 unspecified atom stereocenters. The lowest BCUT2D eigenvalue weighted by Crippen LogP contribution is -2.31. The summed E-state index contributed by atoms with van der Waals surface area (Å²) < 4.78 is 11.1. The average molecular weight is 328 g/mol. The summed E-state index contributed by atoms with van der Waals surface area (Å²) in [6, 6.07) is 11.6. The van der Waals surface area contributed by atoms with E-state index in [0.29, 0.717) is 25.2 Å². The molecule has 1 amide bonds. The number of carbonyl (C=O) groups is 1. The van der Waals surface area contributed by atoms with E-state index >= 15 is 0 Å². The van der Waals surface area contributed by atoms with Crippen molar-refractivity contribution in [3.05, 3.63) is 59.0 Å². The van der Waals surface area contributed by atoms with Gasteiger partial charge in [0.05, 0.1) is 12.6 Å². The number of carbonyl (C=O) groups excluding carboxylic acids is 1. The Balaban J connectivity index is 1.48. The molecule has 2 heterocycles. The van der Waals surface area contributed by atoms with Crippen LogP contribution < -0.4 is 10.6 Å². The lowest BCUT2D eigenvalue weighted by atomic mass is 10.1. The van der Waals surface area contributed by atoms with Crippen LogP contribution in [0, 0.1) is 6.92 Å². The zero-order chi connectivity index (χ0) is 16.8. The standard InChI is InChI=1S/C19H24N2O3/c1-14-7-8-18(24-14)12-20-11-15-4-2-5-16(10-15)19(22)21-13-17-6-3-9-23-17/h2,4-5,7-8,10,17,20H,3,6,9,11-13H2,1H3,(H,21,22). The molecule has 128 valence electrons. The maximum atomic E-state index is 12.2. The summed E-state index contributed by atoms with van der Waals surface area (Å²) in [4.78, 5) is 12.2. The van der Waals surface area contributed by atoms with Crippen LogP contribution in [0.25, 0.3) is 0 Å². The first-order valence-corrected chi connectivity index (χ1v) is 8.45. The summed E-state index contributed by atoms with van der Waals surface area (Å²) in [5.41, 5.74) is 1.75. The van der Waals surface area contributed by atoms with Gasteiger partial charge in [0.1, 0.15) is 11.5 Å². The number of furan rings is 1. The maximum absolute atomic E-state index is 12.2. The molecule has 1 fully saturated rings. The second kappa shape index (κ2) is 8.13. The van der Waals surface area contributed by atoms with E-state index in [1.807, 2.05) is 43.3 Å². The van der Waals surface area contributed by atoms with Crippen LogP contribution in [0.2, 0.25) is 0 Å². The molecule has 0 spiro atoms. The van der Waals surface area contributed by atoms with E-state index in [4.69, 9.17) is 9.15 Å². The van der Waals surface area contributed by atoms with E-state index in [2.05, 4.69) is 10.6 Å². The molecule has 0 bridgehead atoms. The predicted octanol–water partition coefficient (Wildman–Crippen LogP) is 2.79. The van der Waals surface area contributed by atoms with Gasteiger partial charge in [-0.05, 0) is 49.6 Å². The molecule has 0 saturated carbocycles. The molecular formula is C19H24N2O3. The van der Waals surface area contributed by atoms with Gasteiger partial charge in [-0.1, -0.05) is 12.1 Å². The van der Waals surface area contributed by atoms with Crippen molar-refractivity contribution >= 4 is 5.91 Å². The SMILES string of the molecule is Cc1ccc(CNCc2cccc(C(=O)NCC3CCCO3)c2)o1. The molecule has 5 nitrogen and oxygen atoms in total. The summed E-state index contributed by atoms with van der Waals surface area (Å²) in [7, 11) is 0. The molecule has 0 radical (unpaired) electrons. The molecule has 0 aliphatic carbocycles. The number of rotatable bonds is 7. The van der Waals surface area contributed by atoms with Crippen molar-refractivity contribution in [2.75, 3.05) is 13.2 Å². The molecule has 1 saturated heterocycles. The topological polar surface area (TPSA) is 63.5 Å². The van der Waals surface area contributed by atoms with Gasteiger partial charge in [-0.3, -0.25) is 4.79 Å². The fraction of sp³-hybridized carbons (Fsp3) is 0.421. The molecule has 1 aliphatic heterocycles. The van der Waals surface area contributed by atoms with Gasteiger partial charge < -0.3 is 19.8 Å². The largest absolute Gasteiger partial charge is 0.465 e. The average Bonchev–Trinajstić information content (AvgIpc) is 3.25. The third kappa shape index (κ3) is 4.69. The third-order valence-corrected chi connectivity index (χ3v) is 4.13. The first kappa shape index (κ1) is 16.7. The Labute approximate surface area is 142 Å². The van der Waals surface area contributed by atoms with Crippen LogP contribution >= 0.6 is 0 Å². The monoisotopic (exact) mass is 328 g/mol. The van der Waals surface area contributed by atoms with Gasteiger partial charge in [-0.2, -0.15) is 0 Å². The molecule has 1 aromatic carbocycles. The van der Waals surface area contributed by atoms with Crippen LogP contribution in [0.4, 0.5) is 0 Å². The first-order chi connectivity index (χ1) is 11.7. The molecule has 5 heteroatoms. The number of aryl methyl sites for hydroxylation is 1. The molecule has 1 aromatic heterocycles.